The molecule has 27 heavy (non-hydrogen) atoms. The van der Waals surface area contributed by atoms with Crippen molar-refractivity contribution in [2.24, 2.45) is 11.7 Å². The summed E-state index contributed by atoms with van der Waals surface area (Å²) < 4.78 is 0. The average molecular weight is 370 g/mol. The number of pyridine rings is 1. The van der Waals surface area contributed by atoms with Crippen molar-refractivity contribution in [3.63, 3.8) is 0 Å². The third-order valence-corrected chi connectivity index (χ3v) is 4.40. The first-order valence-electron chi connectivity index (χ1n) is 8.83. The summed E-state index contributed by atoms with van der Waals surface area (Å²) in [5.74, 6) is 0.209. The van der Waals surface area contributed by atoms with Gasteiger partial charge in [0.2, 0.25) is 5.91 Å². The number of hydrogen-bond donors (Lipinski definition) is 3. The summed E-state index contributed by atoms with van der Waals surface area (Å²) in [6.07, 6.45) is 3.25. The van der Waals surface area contributed by atoms with Crippen LogP contribution in [-0.4, -0.2) is 51.6 Å². The molecule has 0 saturated carbocycles. The highest BCUT2D eigenvalue weighted by Crippen LogP contribution is 2.25. The molecule has 0 bridgehead atoms. The fraction of sp³-hybridized carbons (Fsp3) is 0.389. The van der Waals surface area contributed by atoms with Crippen LogP contribution >= 0.6 is 0 Å². The van der Waals surface area contributed by atoms with Gasteiger partial charge in [0.1, 0.15) is 17.3 Å². The number of carboxylic acids is 1. The molecule has 9 nitrogen and oxygen atoms in total. The first-order chi connectivity index (χ1) is 13.0. The van der Waals surface area contributed by atoms with Gasteiger partial charge in [-0.15, -0.1) is 0 Å². The molecule has 2 aromatic heterocycles. The molecule has 3 rings (SSSR count). The van der Waals surface area contributed by atoms with E-state index in [1.165, 1.54) is 0 Å². The van der Waals surface area contributed by atoms with Gasteiger partial charge in [0.05, 0.1) is 12.3 Å². The van der Waals surface area contributed by atoms with Crippen LogP contribution in [0.3, 0.4) is 0 Å². The summed E-state index contributed by atoms with van der Waals surface area (Å²) in [7, 11) is 0. The van der Waals surface area contributed by atoms with Gasteiger partial charge in [-0.3, -0.25) is 14.6 Å². The van der Waals surface area contributed by atoms with Gasteiger partial charge in [0, 0.05) is 31.9 Å². The monoisotopic (exact) mass is 370 g/mol. The zero-order valence-electron chi connectivity index (χ0n) is 14.8. The van der Waals surface area contributed by atoms with Crippen LogP contribution in [0.4, 0.5) is 11.6 Å². The average Bonchev–Trinajstić information content (AvgIpc) is 2.68. The Morgan fingerprint density at radius 3 is 2.89 bits per heavy atom. The molecule has 0 radical (unpaired) electrons. The molecule has 142 valence electrons. The van der Waals surface area contributed by atoms with E-state index in [1.807, 2.05) is 23.1 Å². The maximum atomic E-state index is 11.6. The third-order valence-electron chi connectivity index (χ3n) is 4.40. The first kappa shape index (κ1) is 18.6. The molecule has 3 heterocycles. The molecular weight excluding hydrogens is 348 g/mol. The van der Waals surface area contributed by atoms with E-state index in [1.54, 1.807) is 12.3 Å². The molecule has 0 spiro atoms. The van der Waals surface area contributed by atoms with Gasteiger partial charge in [-0.25, -0.2) is 9.97 Å². The molecule has 1 unspecified atom stereocenters. The summed E-state index contributed by atoms with van der Waals surface area (Å²) >= 11 is 0. The number of hydrogen-bond acceptors (Lipinski definition) is 7. The van der Waals surface area contributed by atoms with Crippen LogP contribution < -0.4 is 16.0 Å². The molecule has 4 N–H and O–H groups in total. The Balaban J connectivity index is 1.89. The fourth-order valence-electron chi connectivity index (χ4n) is 3.01. The van der Waals surface area contributed by atoms with Crippen molar-refractivity contribution in [2.75, 3.05) is 29.9 Å². The summed E-state index contributed by atoms with van der Waals surface area (Å²) in [5, 5.41) is 11.9. The fourth-order valence-corrected chi connectivity index (χ4v) is 3.01. The van der Waals surface area contributed by atoms with Gasteiger partial charge < -0.3 is 21.1 Å². The number of amides is 1. The number of aliphatic carboxylic acids is 1. The highest BCUT2D eigenvalue weighted by atomic mass is 16.4. The van der Waals surface area contributed by atoms with Crippen LogP contribution in [0.1, 0.15) is 19.3 Å². The molecule has 1 aliphatic heterocycles. The van der Waals surface area contributed by atoms with Gasteiger partial charge in [-0.2, -0.15) is 0 Å². The van der Waals surface area contributed by atoms with Crippen molar-refractivity contribution in [1.82, 2.24) is 15.0 Å². The van der Waals surface area contributed by atoms with Gasteiger partial charge in [-0.1, -0.05) is 6.07 Å². The number of primary amides is 1. The minimum atomic E-state index is -0.887. The summed E-state index contributed by atoms with van der Waals surface area (Å²) in [6.45, 7) is 1.51. The number of aromatic nitrogens is 3. The quantitative estimate of drug-likeness (QED) is 0.660. The zero-order chi connectivity index (χ0) is 19.2. The second-order valence-electron chi connectivity index (χ2n) is 6.41. The first-order valence-corrected chi connectivity index (χ1v) is 8.83. The maximum absolute atomic E-state index is 11.6. The zero-order valence-corrected chi connectivity index (χ0v) is 14.8. The van der Waals surface area contributed by atoms with Crippen LogP contribution in [-0.2, 0) is 9.59 Å². The van der Waals surface area contributed by atoms with Crippen molar-refractivity contribution < 1.29 is 14.7 Å². The number of nitrogens with one attached hydrogen (secondary N) is 1. The van der Waals surface area contributed by atoms with Crippen molar-refractivity contribution in [3.8, 4) is 11.5 Å². The molecule has 1 amide bonds. The van der Waals surface area contributed by atoms with Crippen LogP contribution in [0.2, 0.25) is 0 Å². The molecule has 1 atom stereocenters. The van der Waals surface area contributed by atoms with Crippen LogP contribution in [0, 0.1) is 5.92 Å². The van der Waals surface area contributed by atoms with E-state index in [-0.39, 0.29) is 24.8 Å². The van der Waals surface area contributed by atoms with Gasteiger partial charge in [0.15, 0.2) is 5.82 Å². The van der Waals surface area contributed by atoms with Crippen LogP contribution in [0.15, 0.2) is 30.5 Å². The summed E-state index contributed by atoms with van der Waals surface area (Å²) in [5.41, 5.74) is 6.09. The third kappa shape index (κ3) is 4.90. The maximum Gasteiger partial charge on any atom is 0.305 e. The Hall–Kier alpha value is -3.23. The molecule has 1 saturated heterocycles. The Morgan fingerprint density at radius 1 is 1.33 bits per heavy atom. The lowest BCUT2D eigenvalue weighted by Crippen LogP contribution is -2.41. The van der Waals surface area contributed by atoms with E-state index in [9.17, 15) is 9.59 Å². The lowest BCUT2D eigenvalue weighted by Gasteiger charge is -2.32. The van der Waals surface area contributed by atoms with E-state index in [4.69, 9.17) is 10.8 Å². The van der Waals surface area contributed by atoms with Crippen molar-refractivity contribution in [3.05, 3.63) is 30.5 Å². The number of nitrogens with two attached hydrogens (primary N) is 1. The van der Waals surface area contributed by atoms with Crippen molar-refractivity contribution in [1.29, 1.82) is 0 Å². The van der Waals surface area contributed by atoms with E-state index < -0.39 is 5.97 Å². The van der Waals surface area contributed by atoms with Gasteiger partial charge in [0.25, 0.3) is 0 Å². The number of rotatable bonds is 7. The van der Waals surface area contributed by atoms with Gasteiger partial charge >= 0.3 is 5.97 Å². The number of nitrogens with zero attached hydrogens (tertiary/aromatic N) is 4. The smallest absolute Gasteiger partial charge is 0.305 e. The minimum absolute atomic E-state index is 0.0221. The number of carbonyl (C=O) groups is 2. The summed E-state index contributed by atoms with van der Waals surface area (Å²) in [4.78, 5) is 37.7. The predicted molar refractivity (Wildman–Crippen MR) is 100 cm³/mol. The van der Waals surface area contributed by atoms with Crippen LogP contribution in [0.5, 0.6) is 0 Å². The lowest BCUT2D eigenvalue weighted by atomic mass is 9.97. The Morgan fingerprint density at radius 2 is 2.19 bits per heavy atom. The second-order valence-corrected chi connectivity index (χ2v) is 6.41. The number of anilines is 2. The molecule has 1 fully saturated rings. The van der Waals surface area contributed by atoms with Crippen molar-refractivity contribution in [2.45, 2.75) is 19.3 Å². The molecule has 9 heteroatoms. The molecule has 0 aromatic carbocycles. The molecular formula is C18H22N6O3. The molecule has 1 aliphatic rings. The normalized spacial score (nSPS) is 16.7. The number of carboxylic acid groups (broad SMARTS) is 1. The Kier molecular flexibility index (Phi) is 5.80. The van der Waals surface area contributed by atoms with E-state index >= 15 is 0 Å². The molecule has 2 aromatic rings. The van der Waals surface area contributed by atoms with E-state index in [0.717, 1.165) is 19.4 Å². The Labute approximate surface area is 156 Å². The SMILES string of the molecule is NC(=O)C1CCCN(c2cc(NCCC(=O)O)nc(-c3ccccn3)n2)C1. The van der Waals surface area contributed by atoms with Crippen molar-refractivity contribution >= 4 is 23.5 Å². The van der Waals surface area contributed by atoms with Crippen LogP contribution in [0.25, 0.3) is 11.5 Å². The largest absolute Gasteiger partial charge is 0.481 e. The molecule has 0 aliphatic carbocycles. The highest BCUT2D eigenvalue weighted by Gasteiger charge is 2.25. The Bertz CT molecular complexity index is 814. The number of piperidine rings is 1. The minimum Gasteiger partial charge on any atom is -0.481 e. The van der Waals surface area contributed by atoms with E-state index in [2.05, 4.69) is 20.3 Å². The van der Waals surface area contributed by atoms with E-state index in [0.29, 0.717) is 29.7 Å². The lowest BCUT2D eigenvalue weighted by molar-refractivity contribution is -0.136. The second kappa shape index (κ2) is 8.43. The van der Waals surface area contributed by atoms with Gasteiger partial charge in [-0.05, 0) is 25.0 Å². The standard InChI is InChI=1S/C18H22N6O3/c19-17(27)12-4-3-9-24(11-12)15-10-14(21-8-6-16(25)26)22-18(23-15)13-5-1-2-7-20-13/h1-2,5,7,10,12H,3-4,6,8-9,11H2,(H2,19,27)(H,25,26)(H,21,22,23). The topological polar surface area (TPSA) is 134 Å². The summed E-state index contributed by atoms with van der Waals surface area (Å²) in [6, 6.07) is 7.22. The number of carbonyl (C=O) groups excluding carboxylic acids is 1. The highest BCUT2D eigenvalue weighted by molar-refractivity contribution is 5.77. The predicted octanol–water partition coefficient (Wildman–Crippen LogP) is 1.13.